The van der Waals surface area contributed by atoms with Gasteiger partial charge in [0.2, 0.25) is 0 Å². The van der Waals surface area contributed by atoms with Crippen molar-refractivity contribution in [1.82, 2.24) is 0 Å². The van der Waals surface area contributed by atoms with Crippen LogP contribution in [0.15, 0.2) is 0 Å². The van der Waals surface area contributed by atoms with Crippen LogP contribution in [0.4, 0.5) is 0 Å². The fourth-order valence-corrected chi connectivity index (χ4v) is 0.500. The van der Waals surface area contributed by atoms with E-state index in [4.69, 9.17) is 0 Å². The van der Waals surface area contributed by atoms with Gasteiger partial charge < -0.3 is 0 Å². The van der Waals surface area contributed by atoms with E-state index in [2.05, 4.69) is 13.8 Å². The van der Waals surface area contributed by atoms with Gasteiger partial charge in [0, 0.05) is 0 Å². The molecule has 0 atom stereocenters. The maximum Gasteiger partial charge on any atom is -0.0536 e. The van der Waals surface area contributed by atoms with Crippen molar-refractivity contribution in [2.75, 3.05) is 0 Å². The molecule has 0 rings (SSSR count). The third kappa shape index (κ3) is 16.7. The van der Waals surface area contributed by atoms with Crippen molar-refractivity contribution in [2.45, 2.75) is 53.4 Å². The maximum atomic E-state index is 2.23. The van der Waals surface area contributed by atoms with Crippen LogP contribution in [-0.2, 0) is 0 Å². The van der Waals surface area contributed by atoms with Crippen LogP contribution in [0.25, 0.3) is 0 Å². The fourth-order valence-electron chi connectivity index (χ4n) is 0.500. The van der Waals surface area contributed by atoms with Gasteiger partial charge in [-0.05, 0) is 0 Å². The average molecular weight is 116 g/mol. The summed E-state index contributed by atoms with van der Waals surface area (Å²) in [5, 5.41) is 0. The molecule has 0 aliphatic rings. The zero-order valence-corrected chi connectivity index (χ0v) is 6.83. The Bertz CT molecular complexity index is 12.0. The molecule has 0 nitrogen and oxygen atoms in total. The molecule has 0 N–H and O–H groups in total. The van der Waals surface area contributed by atoms with Crippen molar-refractivity contribution >= 4 is 0 Å². The summed E-state index contributed by atoms with van der Waals surface area (Å²) in [6, 6.07) is 0. The Hall–Kier alpha value is 0. The van der Waals surface area contributed by atoms with Crippen molar-refractivity contribution < 1.29 is 0 Å². The summed E-state index contributed by atoms with van der Waals surface area (Å²) in [5.41, 5.74) is 0. The summed E-state index contributed by atoms with van der Waals surface area (Å²) in [5.74, 6) is 0. The van der Waals surface area contributed by atoms with Gasteiger partial charge in [0.25, 0.3) is 0 Å². The maximum absolute atomic E-state index is 2.23. The summed E-state index contributed by atoms with van der Waals surface area (Å²) in [6.07, 6.45) is 5.54. The van der Waals surface area contributed by atoms with Crippen molar-refractivity contribution in [3.63, 3.8) is 0 Å². The van der Waals surface area contributed by atoms with E-state index >= 15 is 0 Å². The standard InChI is InChI=1S/C6H14.C2H6/c1-3-5-6-4-2;1-2/h3-6H2,1-2H3;1-2H3. The Morgan fingerprint density at radius 2 is 1.00 bits per heavy atom. The molecule has 0 saturated heterocycles. The second kappa shape index (κ2) is 15.8. The Morgan fingerprint density at radius 1 is 0.750 bits per heavy atom. The molecule has 0 aliphatic carbocycles. The molecule has 8 heavy (non-hydrogen) atoms. The van der Waals surface area contributed by atoms with Gasteiger partial charge in [-0.2, -0.15) is 0 Å². The van der Waals surface area contributed by atoms with Crippen LogP contribution in [0.1, 0.15) is 53.4 Å². The summed E-state index contributed by atoms with van der Waals surface area (Å²) in [6.45, 7) is 8.46. The molecule has 0 aromatic rings. The quantitative estimate of drug-likeness (QED) is 0.494. The summed E-state index contributed by atoms with van der Waals surface area (Å²) >= 11 is 0. The zero-order valence-electron chi connectivity index (χ0n) is 6.83. The molecule has 0 bridgehead atoms. The molecule has 0 aliphatic heterocycles. The predicted octanol–water partition coefficient (Wildman–Crippen LogP) is 3.61. The minimum Gasteiger partial charge on any atom is -0.0683 e. The lowest BCUT2D eigenvalue weighted by Gasteiger charge is -1.86. The molecule has 0 heteroatoms. The first-order valence-corrected chi connectivity index (χ1v) is 3.91. The number of hydrogen-bond acceptors (Lipinski definition) is 0. The van der Waals surface area contributed by atoms with Crippen molar-refractivity contribution in [3.8, 4) is 0 Å². The largest absolute Gasteiger partial charge is 0.0683 e. The van der Waals surface area contributed by atoms with E-state index in [-0.39, 0.29) is 0 Å². The topological polar surface area (TPSA) is 0 Å². The highest BCUT2D eigenvalue weighted by Crippen LogP contribution is 1.95. The van der Waals surface area contributed by atoms with Crippen LogP contribution in [0.5, 0.6) is 0 Å². The fraction of sp³-hybridized carbons (Fsp3) is 1.00. The van der Waals surface area contributed by atoms with Gasteiger partial charge in [-0.25, -0.2) is 0 Å². The first-order valence-electron chi connectivity index (χ1n) is 3.91. The Kier molecular flexibility index (Phi) is 21.4. The molecule has 0 aromatic carbocycles. The second-order valence-electron chi connectivity index (χ2n) is 1.71. The number of hydrogen-bond donors (Lipinski definition) is 0. The van der Waals surface area contributed by atoms with Crippen LogP contribution in [0.2, 0.25) is 0 Å². The molecule has 0 unspecified atom stereocenters. The van der Waals surface area contributed by atoms with E-state index in [1.165, 1.54) is 25.7 Å². The van der Waals surface area contributed by atoms with Crippen LogP contribution >= 0.6 is 0 Å². The van der Waals surface area contributed by atoms with Gasteiger partial charge in [0.05, 0.1) is 0 Å². The highest BCUT2D eigenvalue weighted by molar-refractivity contribution is 4.31. The van der Waals surface area contributed by atoms with E-state index in [9.17, 15) is 0 Å². The normalized spacial score (nSPS) is 7.50. The first-order chi connectivity index (χ1) is 3.91. The van der Waals surface area contributed by atoms with Gasteiger partial charge in [-0.1, -0.05) is 53.4 Å². The van der Waals surface area contributed by atoms with Crippen molar-refractivity contribution in [1.29, 1.82) is 0 Å². The lowest BCUT2D eigenvalue weighted by molar-refractivity contribution is 0.702. The third-order valence-electron chi connectivity index (χ3n) is 0.957. The van der Waals surface area contributed by atoms with Crippen molar-refractivity contribution in [2.24, 2.45) is 0 Å². The lowest BCUT2D eigenvalue weighted by atomic mass is 10.2. The molecule has 0 heterocycles. The first kappa shape index (κ1) is 10.9. The molecular weight excluding hydrogens is 96.1 g/mol. The van der Waals surface area contributed by atoms with E-state index in [0.29, 0.717) is 0 Å². The number of rotatable bonds is 3. The van der Waals surface area contributed by atoms with Crippen LogP contribution < -0.4 is 0 Å². The molecule has 0 radical (unpaired) electrons. The Morgan fingerprint density at radius 3 is 1.12 bits per heavy atom. The molecular formula is C8H20. The van der Waals surface area contributed by atoms with Gasteiger partial charge in [-0.3, -0.25) is 0 Å². The molecule has 0 fully saturated rings. The van der Waals surface area contributed by atoms with Crippen LogP contribution in [0, 0.1) is 0 Å². The summed E-state index contributed by atoms with van der Waals surface area (Å²) in [7, 11) is 0. The lowest BCUT2D eigenvalue weighted by Crippen LogP contribution is -1.66. The van der Waals surface area contributed by atoms with Gasteiger partial charge in [-0.15, -0.1) is 0 Å². The van der Waals surface area contributed by atoms with Crippen LogP contribution in [-0.4, -0.2) is 0 Å². The number of unbranched alkanes of at least 4 members (excludes halogenated alkanes) is 3. The molecule has 0 spiro atoms. The molecule has 0 amide bonds. The molecule has 0 aromatic heterocycles. The highest BCUT2D eigenvalue weighted by Gasteiger charge is 1.75. The third-order valence-corrected chi connectivity index (χ3v) is 0.957. The average Bonchev–Trinajstić information content (AvgIpc) is 1.88. The Labute approximate surface area is 54.3 Å². The zero-order chi connectivity index (χ0) is 6.83. The van der Waals surface area contributed by atoms with Crippen molar-refractivity contribution in [3.05, 3.63) is 0 Å². The van der Waals surface area contributed by atoms with E-state index in [1.54, 1.807) is 0 Å². The van der Waals surface area contributed by atoms with E-state index < -0.39 is 0 Å². The van der Waals surface area contributed by atoms with Gasteiger partial charge in [0.1, 0.15) is 0 Å². The van der Waals surface area contributed by atoms with Gasteiger partial charge in [0.15, 0.2) is 0 Å². The second-order valence-corrected chi connectivity index (χ2v) is 1.71. The molecule has 52 valence electrons. The van der Waals surface area contributed by atoms with E-state index in [0.717, 1.165) is 0 Å². The molecule has 0 saturated carbocycles. The minimum atomic E-state index is 1.36. The summed E-state index contributed by atoms with van der Waals surface area (Å²) < 4.78 is 0. The predicted molar refractivity (Wildman–Crippen MR) is 41.2 cm³/mol. The SMILES string of the molecule is CC.CCCCCC. The smallest absolute Gasteiger partial charge is 0.0536 e. The van der Waals surface area contributed by atoms with Crippen LogP contribution in [0.3, 0.4) is 0 Å². The summed E-state index contributed by atoms with van der Waals surface area (Å²) in [4.78, 5) is 0. The Balaban J connectivity index is 0. The van der Waals surface area contributed by atoms with Gasteiger partial charge >= 0.3 is 0 Å². The minimum absolute atomic E-state index is 1.36. The van der Waals surface area contributed by atoms with E-state index in [1.807, 2.05) is 13.8 Å². The monoisotopic (exact) mass is 116 g/mol. The highest BCUT2D eigenvalue weighted by atomic mass is 13.8.